The molecule has 1 amide bonds. The Bertz CT molecular complexity index is 477. The van der Waals surface area contributed by atoms with Gasteiger partial charge in [0.1, 0.15) is 5.82 Å². The van der Waals surface area contributed by atoms with Gasteiger partial charge in [-0.05, 0) is 33.2 Å². The number of carbonyl (C=O) groups excluding carboxylic acids is 1. The molecule has 118 valence electrons. The number of hydrogen-bond acceptors (Lipinski definition) is 3. The maximum atomic E-state index is 12.7. The average molecular weight is 300 g/mol. The fraction of sp³-hybridized carbons (Fsp3) is 0.714. The van der Waals surface area contributed by atoms with Crippen molar-refractivity contribution in [3.8, 4) is 0 Å². The fourth-order valence-electron chi connectivity index (χ4n) is 2.73. The number of aromatic nitrogens is 2. The third-order valence-corrected chi connectivity index (χ3v) is 3.90. The maximum Gasteiger partial charge on any atom is 0.319 e. The highest BCUT2D eigenvalue weighted by atomic mass is 19.3. The van der Waals surface area contributed by atoms with Gasteiger partial charge < -0.3 is 4.90 Å². The topological polar surface area (TPSA) is 41.4 Å². The minimum Gasteiger partial charge on any atom is -0.339 e. The van der Waals surface area contributed by atoms with Crippen molar-refractivity contribution in [2.45, 2.75) is 45.3 Å². The molecule has 21 heavy (non-hydrogen) atoms. The van der Waals surface area contributed by atoms with Gasteiger partial charge in [0.05, 0.1) is 13.1 Å². The lowest BCUT2D eigenvalue weighted by molar-refractivity contribution is -0.135. The van der Waals surface area contributed by atoms with Crippen LogP contribution in [-0.2, 0) is 11.3 Å². The number of halogens is 2. The molecule has 0 N–H and O–H groups in total. The largest absolute Gasteiger partial charge is 0.339 e. The Balaban J connectivity index is 1.90. The molecule has 7 heteroatoms. The van der Waals surface area contributed by atoms with E-state index in [1.807, 2.05) is 4.90 Å². The van der Waals surface area contributed by atoms with Crippen molar-refractivity contribution in [1.82, 2.24) is 19.4 Å². The van der Waals surface area contributed by atoms with Gasteiger partial charge in [-0.1, -0.05) is 0 Å². The number of nitrogens with zero attached hydrogens (tertiary/aromatic N) is 4. The normalized spacial score (nSPS) is 19.5. The van der Waals surface area contributed by atoms with E-state index in [1.165, 1.54) is 12.4 Å². The summed E-state index contributed by atoms with van der Waals surface area (Å²) < 4.78 is 26.3. The van der Waals surface area contributed by atoms with E-state index in [4.69, 9.17) is 0 Å². The molecule has 1 aromatic heterocycles. The van der Waals surface area contributed by atoms with Gasteiger partial charge in [-0.15, -0.1) is 0 Å². The summed E-state index contributed by atoms with van der Waals surface area (Å²) in [5, 5.41) is 0. The zero-order chi connectivity index (χ0) is 15.4. The van der Waals surface area contributed by atoms with Crippen molar-refractivity contribution in [2.24, 2.45) is 0 Å². The van der Waals surface area contributed by atoms with Crippen LogP contribution in [0.25, 0.3) is 0 Å². The molecule has 1 aliphatic rings. The van der Waals surface area contributed by atoms with E-state index in [0.29, 0.717) is 0 Å². The third kappa shape index (κ3) is 4.00. The van der Waals surface area contributed by atoms with Crippen LogP contribution in [0.5, 0.6) is 0 Å². The Morgan fingerprint density at radius 1 is 1.52 bits per heavy atom. The minimum absolute atomic E-state index is 0.0554. The monoisotopic (exact) mass is 300 g/mol. The van der Waals surface area contributed by atoms with Gasteiger partial charge in [0.25, 0.3) is 0 Å². The molecular weight excluding hydrogens is 278 g/mol. The molecule has 0 radical (unpaired) electrons. The van der Waals surface area contributed by atoms with Crippen LogP contribution in [0.15, 0.2) is 12.4 Å². The summed E-state index contributed by atoms with van der Waals surface area (Å²) in [5.74, 6) is 0.326. The lowest BCUT2D eigenvalue weighted by Crippen LogP contribution is -2.46. The molecule has 0 spiro atoms. The predicted octanol–water partition coefficient (Wildman–Crippen LogP) is 2.11. The summed E-state index contributed by atoms with van der Waals surface area (Å²) in [6.07, 6.45) is 5.83. The first kappa shape index (κ1) is 15.9. The number of alkyl halides is 2. The quantitative estimate of drug-likeness (QED) is 0.836. The van der Waals surface area contributed by atoms with E-state index >= 15 is 0 Å². The molecule has 0 aliphatic carbocycles. The van der Waals surface area contributed by atoms with Gasteiger partial charge in [0, 0.05) is 25.0 Å². The third-order valence-electron chi connectivity index (χ3n) is 3.90. The second-order valence-corrected chi connectivity index (χ2v) is 5.63. The number of amides is 1. The van der Waals surface area contributed by atoms with Crippen molar-refractivity contribution in [3.63, 3.8) is 0 Å². The number of likely N-dealkylation sites (tertiary alicyclic amines) is 1. The van der Waals surface area contributed by atoms with Gasteiger partial charge >= 0.3 is 6.55 Å². The van der Waals surface area contributed by atoms with Gasteiger partial charge in [-0.3, -0.25) is 14.3 Å². The summed E-state index contributed by atoms with van der Waals surface area (Å²) in [6, 6.07) is 0.266. The number of imidazole rings is 1. The highest BCUT2D eigenvalue weighted by Crippen LogP contribution is 2.17. The zero-order valence-corrected chi connectivity index (χ0v) is 12.5. The molecule has 0 saturated carbocycles. The lowest BCUT2D eigenvalue weighted by Gasteiger charge is -2.34. The Hall–Kier alpha value is -1.50. The van der Waals surface area contributed by atoms with Crippen LogP contribution in [0, 0.1) is 0 Å². The van der Waals surface area contributed by atoms with E-state index < -0.39 is 6.55 Å². The Morgan fingerprint density at radius 3 is 2.95 bits per heavy atom. The van der Waals surface area contributed by atoms with Crippen LogP contribution in [-0.4, -0.2) is 51.4 Å². The van der Waals surface area contributed by atoms with Gasteiger partial charge in [-0.2, -0.15) is 8.78 Å². The van der Waals surface area contributed by atoms with Gasteiger partial charge in [0.15, 0.2) is 0 Å². The van der Waals surface area contributed by atoms with Crippen molar-refractivity contribution >= 4 is 5.91 Å². The SMILES string of the molecule is CC1CCCCN1C(=O)CN(C)Cc1nccn1C(F)F. The number of likely N-dealkylation sites (N-methyl/N-ethyl adjacent to an activating group) is 1. The van der Waals surface area contributed by atoms with Crippen molar-refractivity contribution in [1.29, 1.82) is 0 Å². The number of hydrogen-bond donors (Lipinski definition) is 0. The Morgan fingerprint density at radius 2 is 2.29 bits per heavy atom. The van der Waals surface area contributed by atoms with Gasteiger partial charge in [0.2, 0.25) is 5.91 Å². The minimum atomic E-state index is -2.60. The summed E-state index contributed by atoms with van der Waals surface area (Å²) in [7, 11) is 1.75. The molecular formula is C14H22F2N4O. The van der Waals surface area contributed by atoms with E-state index in [-0.39, 0.29) is 30.9 Å². The molecule has 5 nitrogen and oxygen atoms in total. The smallest absolute Gasteiger partial charge is 0.319 e. The Kier molecular flexibility index (Phi) is 5.27. The van der Waals surface area contributed by atoms with Crippen LogP contribution in [0.1, 0.15) is 38.6 Å². The average Bonchev–Trinajstić information content (AvgIpc) is 2.87. The highest BCUT2D eigenvalue weighted by molar-refractivity contribution is 5.78. The number of rotatable bonds is 5. The van der Waals surface area contributed by atoms with E-state index in [1.54, 1.807) is 11.9 Å². The van der Waals surface area contributed by atoms with Crippen LogP contribution >= 0.6 is 0 Å². The van der Waals surface area contributed by atoms with E-state index in [9.17, 15) is 13.6 Å². The van der Waals surface area contributed by atoms with Crippen LogP contribution < -0.4 is 0 Å². The van der Waals surface area contributed by atoms with E-state index in [2.05, 4.69) is 11.9 Å². The van der Waals surface area contributed by atoms with Gasteiger partial charge in [-0.25, -0.2) is 4.98 Å². The molecule has 1 atom stereocenters. The summed E-state index contributed by atoms with van der Waals surface area (Å²) >= 11 is 0. The molecule has 1 aliphatic heterocycles. The predicted molar refractivity (Wildman–Crippen MR) is 74.8 cm³/mol. The van der Waals surface area contributed by atoms with Crippen molar-refractivity contribution in [3.05, 3.63) is 18.2 Å². The van der Waals surface area contributed by atoms with Crippen molar-refractivity contribution in [2.75, 3.05) is 20.1 Å². The molecule has 0 aromatic carbocycles. The first-order valence-corrected chi connectivity index (χ1v) is 7.27. The number of piperidine rings is 1. The Labute approximate surface area is 123 Å². The lowest BCUT2D eigenvalue weighted by atomic mass is 10.0. The van der Waals surface area contributed by atoms with Crippen LogP contribution in [0.2, 0.25) is 0 Å². The van der Waals surface area contributed by atoms with Crippen LogP contribution in [0.3, 0.4) is 0 Å². The summed E-state index contributed by atoms with van der Waals surface area (Å²) in [4.78, 5) is 19.8. The first-order chi connectivity index (χ1) is 9.99. The highest BCUT2D eigenvalue weighted by Gasteiger charge is 2.24. The zero-order valence-electron chi connectivity index (χ0n) is 12.5. The van der Waals surface area contributed by atoms with E-state index in [0.717, 1.165) is 30.4 Å². The fourth-order valence-corrected chi connectivity index (χ4v) is 2.73. The second-order valence-electron chi connectivity index (χ2n) is 5.63. The standard InChI is InChI=1S/C14H22F2N4O/c1-11-5-3-4-7-19(11)13(21)10-18(2)9-12-17-6-8-20(12)14(15)16/h6,8,11,14H,3-5,7,9-10H2,1-2H3. The molecule has 1 unspecified atom stereocenters. The molecule has 1 saturated heterocycles. The second kappa shape index (κ2) is 6.98. The first-order valence-electron chi connectivity index (χ1n) is 7.27. The maximum absolute atomic E-state index is 12.7. The summed E-state index contributed by atoms with van der Waals surface area (Å²) in [5.41, 5.74) is 0. The summed E-state index contributed by atoms with van der Waals surface area (Å²) in [6.45, 7) is 0.694. The molecule has 1 fully saturated rings. The van der Waals surface area contributed by atoms with Crippen molar-refractivity contribution < 1.29 is 13.6 Å². The molecule has 2 rings (SSSR count). The molecule has 0 bridgehead atoms. The molecule has 1 aromatic rings. The number of carbonyl (C=O) groups is 1. The molecule has 2 heterocycles. The van der Waals surface area contributed by atoms with Crippen LogP contribution in [0.4, 0.5) is 8.78 Å².